The molecule has 0 heterocycles. The van der Waals surface area contributed by atoms with Crippen LogP contribution in [0.4, 0.5) is 4.39 Å². The van der Waals surface area contributed by atoms with E-state index in [1.165, 1.54) is 24.3 Å². The molecule has 1 unspecified atom stereocenters. The van der Waals surface area contributed by atoms with E-state index in [0.717, 1.165) is 0 Å². The lowest BCUT2D eigenvalue weighted by Crippen LogP contribution is -2.31. The third-order valence-corrected chi connectivity index (χ3v) is 2.03. The number of nitrogens with two attached hydrogens (primary N) is 1. The minimum atomic E-state index is -1.15. The minimum absolute atomic E-state index is 0.102. The van der Waals surface area contributed by atoms with Gasteiger partial charge < -0.3 is 10.8 Å². The van der Waals surface area contributed by atoms with E-state index in [0.29, 0.717) is 5.56 Å². The molecule has 80 valence electrons. The molecule has 1 rings (SSSR count). The lowest BCUT2D eigenvalue weighted by atomic mass is 9.98. The van der Waals surface area contributed by atoms with Gasteiger partial charge in [-0.1, -0.05) is 12.1 Å². The second kappa shape index (κ2) is 4.54. The first-order chi connectivity index (χ1) is 7.00. The molecule has 15 heavy (non-hydrogen) atoms. The number of hydrogen-bond acceptors (Lipinski definition) is 2. The Morgan fingerprint density at radius 1 is 1.47 bits per heavy atom. The van der Waals surface area contributed by atoms with Gasteiger partial charge in [0.05, 0.1) is 0 Å². The lowest BCUT2D eigenvalue weighted by molar-refractivity contribution is -0.139. The Balaban J connectivity index is 2.79. The molecule has 0 bridgehead atoms. The van der Waals surface area contributed by atoms with Crippen LogP contribution in [0, 0.1) is 17.1 Å². The van der Waals surface area contributed by atoms with Crippen molar-refractivity contribution in [1.29, 1.82) is 5.41 Å². The van der Waals surface area contributed by atoms with E-state index in [2.05, 4.69) is 0 Å². The predicted molar refractivity (Wildman–Crippen MR) is 53.1 cm³/mol. The van der Waals surface area contributed by atoms with Crippen molar-refractivity contribution in [1.82, 2.24) is 0 Å². The van der Waals surface area contributed by atoms with Crippen LogP contribution in [0.1, 0.15) is 5.56 Å². The van der Waals surface area contributed by atoms with Crippen LogP contribution in [0.25, 0.3) is 0 Å². The number of carboxylic acids is 1. The highest BCUT2D eigenvalue weighted by Crippen LogP contribution is 2.10. The smallest absolute Gasteiger partial charge is 0.314 e. The van der Waals surface area contributed by atoms with Gasteiger partial charge in [0, 0.05) is 0 Å². The normalized spacial score (nSPS) is 12.1. The van der Waals surface area contributed by atoms with Gasteiger partial charge >= 0.3 is 5.97 Å². The zero-order chi connectivity index (χ0) is 11.4. The lowest BCUT2D eigenvalue weighted by Gasteiger charge is -2.09. The molecule has 0 saturated carbocycles. The van der Waals surface area contributed by atoms with Crippen molar-refractivity contribution < 1.29 is 14.3 Å². The van der Waals surface area contributed by atoms with Gasteiger partial charge in [-0.2, -0.15) is 0 Å². The second-order valence-corrected chi connectivity index (χ2v) is 3.18. The SMILES string of the molecule is N=C(N)C(Cc1ccc(F)cc1)C(=O)O. The molecule has 1 atom stereocenters. The summed E-state index contributed by atoms with van der Waals surface area (Å²) >= 11 is 0. The van der Waals surface area contributed by atoms with Crippen LogP contribution >= 0.6 is 0 Å². The summed E-state index contributed by atoms with van der Waals surface area (Å²) in [5, 5.41) is 15.9. The predicted octanol–water partition coefficient (Wildman–Crippen LogP) is 1.00. The van der Waals surface area contributed by atoms with E-state index < -0.39 is 17.7 Å². The summed E-state index contributed by atoms with van der Waals surface area (Å²) in [6.07, 6.45) is 0.102. The van der Waals surface area contributed by atoms with E-state index >= 15 is 0 Å². The van der Waals surface area contributed by atoms with Gasteiger partial charge in [-0.25, -0.2) is 4.39 Å². The van der Waals surface area contributed by atoms with Gasteiger partial charge in [-0.05, 0) is 24.1 Å². The Bertz CT molecular complexity index is 362. The van der Waals surface area contributed by atoms with Gasteiger partial charge in [0.25, 0.3) is 0 Å². The first kappa shape index (κ1) is 11.2. The van der Waals surface area contributed by atoms with Crippen molar-refractivity contribution in [3.05, 3.63) is 35.6 Å². The maximum Gasteiger partial charge on any atom is 0.314 e. The van der Waals surface area contributed by atoms with Gasteiger partial charge in [-0.15, -0.1) is 0 Å². The number of hydrogen-bond donors (Lipinski definition) is 3. The molecule has 5 heteroatoms. The molecule has 0 aliphatic carbocycles. The average molecular weight is 210 g/mol. The first-order valence-corrected chi connectivity index (χ1v) is 4.32. The summed E-state index contributed by atoms with van der Waals surface area (Å²) < 4.78 is 12.6. The highest BCUT2D eigenvalue weighted by atomic mass is 19.1. The summed E-state index contributed by atoms with van der Waals surface area (Å²) in [5.74, 6) is -2.97. The molecule has 0 spiro atoms. The Morgan fingerprint density at radius 3 is 2.40 bits per heavy atom. The summed E-state index contributed by atoms with van der Waals surface area (Å²) in [5.41, 5.74) is 5.78. The van der Waals surface area contributed by atoms with Crippen molar-refractivity contribution in [2.24, 2.45) is 11.7 Å². The Morgan fingerprint density at radius 2 is 2.00 bits per heavy atom. The molecular weight excluding hydrogens is 199 g/mol. The number of halogens is 1. The van der Waals surface area contributed by atoms with Crippen LogP contribution in [0.3, 0.4) is 0 Å². The molecule has 0 amide bonds. The number of carboxylic acid groups (broad SMARTS) is 1. The second-order valence-electron chi connectivity index (χ2n) is 3.18. The third kappa shape index (κ3) is 3.05. The average Bonchev–Trinajstić information content (AvgIpc) is 2.15. The molecule has 1 aromatic carbocycles. The zero-order valence-electron chi connectivity index (χ0n) is 7.90. The number of aliphatic carboxylic acids is 1. The van der Waals surface area contributed by atoms with E-state index in [9.17, 15) is 9.18 Å². The van der Waals surface area contributed by atoms with E-state index in [1.807, 2.05) is 0 Å². The zero-order valence-corrected chi connectivity index (χ0v) is 7.90. The number of benzene rings is 1. The highest BCUT2D eigenvalue weighted by molar-refractivity contribution is 5.97. The first-order valence-electron chi connectivity index (χ1n) is 4.32. The van der Waals surface area contributed by atoms with Crippen LogP contribution in [0.15, 0.2) is 24.3 Å². The molecular formula is C10H11FN2O2. The minimum Gasteiger partial charge on any atom is -0.481 e. The Kier molecular flexibility index (Phi) is 3.38. The molecule has 0 aliphatic rings. The molecule has 0 aliphatic heterocycles. The molecule has 4 N–H and O–H groups in total. The van der Waals surface area contributed by atoms with Crippen LogP contribution in [-0.2, 0) is 11.2 Å². The Labute approximate surface area is 86.0 Å². The van der Waals surface area contributed by atoms with Crippen LogP contribution in [0.2, 0.25) is 0 Å². The number of carbonyl (C=O) groups is 1. The van der Waals surface area contributed by atoms with E-state index in [1.54, 1.807) is 0 Å². The van der Waals surface area contributed by atoms with E-state index in [4.69, 9.17) is 16.2 Å². The number of amidine groups is 1. The largest absolute Gasteiger partial charge is 0.481 e. The van der Waals surface area contributed by atoms with Crippen LogP contribution in [-0.4, -0.2) is 16.9 Å². The topological polar surface area (TPSA) is 87.2 Å². The van der Waals surface area contributed by atoms with Gasteiger partial charge in [0.2, 0.25) is 0 Å². The van der Waals surface area contributed by atoms with E-state index in [-0.39, 0.29) is 12.2 Å². The van der Waals surface area contributed by atoms with Gasteiger partial charge in [0.15, 0.2) is 0 Å². The Hall–Kier alpha value is -1.91. The standard InChI is InChI=1S/C10H11FN2O2/c11-7-3-1-6(2-4-7)5-8(9(12)13)10(14)15/h1-4,8H,5H2,(H3,12,13)(H,14,15). The van der Waals surface area contributed by atoms with Gasteiger partial charge in [-0.3, -0.25) is 10.2 Å². The molecule has 0 saturated heterocycles. The quantitative estimate of drug-likeness (QED) is 0.512. The van der Waals surface area contributed by atoms with Crippen molar-refractivity contribution in [2.45, 2.75) is 6.42 Å². The van der Waals surface area contributed by atoms with Crippen molar-refractivity contribution >= 4 is 11.8 Å². The van der Waals surface area contributed by atoms with Gasteiger partial charge in [0.1, 0.15) is 17.6 Å². The monoisotopic (exact) mass is 210 g/mol. The van der Waals surface area contributed by atoms with Crippen molar-refractivity contribution in [3.63, 3.8) is 0 Å². The fourth-order valence-electron chi connectivity index (χ4n) is 1.19. The molecule has 1 aromatic rings. The fraction of sp³-hybridized carbons (Fsp3) is 0.200. The summed E-state index contributed by atoms with van der Waals surface area (Å²) in [7, 11) is 0. The number of nitrogens with one attached hydrogen (secondary N) is 1. The fourth-order valence-corrected chi connectivity index (χ4v) is 1.19. The molecule has 0 radical (unpaired) electrons. The molecule has 0 aromatic heterocycles. The van der Waals surface area contributed by atoms with Crippen molar-refractivity contribution in [3.8, 4) is 0 Å². The molecule has 0 fully saturated rings. The summed E-state index contributed by atoms with van der Waals surface area (Å²) in [4.78, 5) is 10.7. The highest BCUT2D eigenvalue weighted by Gasteiger charge is 2.20. The third-order valence-electron chi connectivity index (χ3n) is 2.03. The summed E-state index contributed by atoms with van der Waals surface area (Å²) in [6, 6.07) is 5.45. The number of rotatable bonds is 4. The molecule has 4 nitrogen and oxygen atoms in total. The van der Waals surface area contributed by atoms with Crippen LogP contribution < -0.4 is 5.73 Å². The maximum absolute atomic E-state index is 12.6. The van der Waals surface area contributed by atoms with Crippen LogP contribution in [0.5, 0.6) is 0 Å². The van der Waals surface area contributed by atoms with Crippen molar-refractivity contribution in [2.75, 3.05) is 0 Å². The summed E-state index contributed by atoms with van der Waals surface area (Å²) in [6.45, 7) is 0. The maximum atomic E-state index is 12.6.